The molecule has 0 rings (SSSR count). The van der Waals surface area contributed by atoms with Gasteiger partial charge in [0.25, 0.3) is 0 Å². The summed E-state index contributed by atoms with van der Waals surface area (Å²) < 4.78 is 10.7. The van der Waals surface area contributed by atoms with Crippen molar-refractivity contribution in [3.63, 3.8) is 0 Å². The summed E-state index contributed by atoms with van der Waals surface area (Å²) in [6.45, 7) is 4.17. The standard InChI is InChI=1S/C47H90O5/c1-3-5-7-9-11-13-15-17-19-21-22-23-24-26-28-30-32-34-36-38-40-42-47(50)52-45(43-48)44-51-46(49)41-39-37-35-33-31-29-27-25-20-18-16-14-12-10-8-6-4-2/h17,19,45,48H,3-16,18,20-44H2,1-2H3/b19-17+/t45-/m0/s1. The van der Waals surface area contributed by atoms with Crippen LogP contribution in [0.1, 0.15) is 258 Å². The Hall–Kier alpha value is -1.36. The number of unbranched alkanes of at least 4 members (excludes halogenated alkanes) is 33. The Morgan fingerprint density at radius 3 is 1.04 bits per heavy atom. The normalized spacial score (nSPS) is 12.1. The second kappa shape index (κ2) is 44.0. The van der Waals surface area contributed by atoms with Crippen molar-refractivity contribution in [2.24, 2.45) is 0 Å². The third-order valence-corrected chi connectivity index (χ3v) is 10.6. The summed E-state index contributed by atoms with van der Waals surface area (Å²) in [5.74, 6) is -0.575. The first kappa shape index (κ1) is 50.6. The summed E-state index contributed by atoms with van der Waals surface area (Å²) in [4.78, 5) is 24.4. The van der Waals surface area contributed by atoms with E-state index >= 15 is 0 Å². The van der Waals surface area contributed by atoms with Crippen LogP contribution in [-0.4, -0.2) is 36.4 Å². The molecule has 0 saturated heterocycles. The summed E-state index contributed by atoms with van der Waals surface area (Å²) in [5.41, 5.74) is 0. The highest BCUT2D eigenvalue weighted by molar-refractivity contribution is 5.70. The van der Waals surface area contributed by atoms with Crippen molar-refractivity contribution >= 4 is 11.9 Å². The van der Waals surface area contributed by atoms with E-state index in [1.807, 2.05) is 0 Å². The van der Waals surface area contributed by atoms with Gasteiger partial charge in [-0.1, -0.05) is 219 Å². The van der Waals surface area contributed by atoms with Gasteiger partial charge in [0.1, 0.15) is 6.61 Å². The van der Waals surface area contributed by atoms with Crippen LogP contribution < -0.4 is 0 Å². The number of hydrogen-bond acceptors (Lipinski definition) is 5. The molecular formula is C47H90O5. The number of allylic oxidation sites excluding steroid dienone is 2. The van der Waals surface area contributed by atoms with Gasteiger partial charge in [0.2, 0.25) is 0 Å². The maximum Gasteiger partial charge on any atom is 0.306 e. The molecule has 0 aromatic heterocycles. The second-order valence-electron chi connectivity index (χ2n) is 15.8. The molecule has 0 aromatic rings. The Morgan fingerprint density at radius 1 is 0.423 bits per heavy atom. The fourth-order valence-electron chi connectivity index (χ4n) is 7.02. The molecule has 0 spiro atoms. The molecule has 0 aliphatic rings. The fourth-order valence-corrected chi connectivity index (χ4v) is 7.02. The zero-order valence-corrected chi connectivity index (χ0v) is 35.1. The lowest BCUT2D eigenvalue weighted by molar-refractivity contribution is -0.161. The van der Waals surface area contributed by atoms with Crippen LogP contribution in [-0.2, 0) is 19.1 Å². The first-order chi connectivity index (χ1) is 25.6. The number of aliphatic hydroxyl groups is 1. The van der Waals surface area contributed by atoms with Gasteiger partial charge in [-0.2, -0.15) is 0 Å². The largest absolute Gasteiger partial charge is 0.462 e. The van der Waals surface area contributed by atoms with Gasteiger partial charge in [0.05, 0.1) is 6.61 Å². The molecule has 0 heterocycles. The smallest absolute Gasteiger partial charge is 0.306 e. The number of esters is 2. The minimum Gasteiger partial charge on any atom is -0.462 e. The molecule has 0 fully saturated rings. The van der Waals surface area contributed by atoms with Gasteiger partial charge in [-0.15, -0.1) is 0 Å². The quantitative estimate of drug-likeness (QED) is 0.0383. The molecular weight excluding hydrogens is 645 g/mol. The Balaban J connectivity index is 3.47. The van der Waals surface area contributed by atoms with Gasteiger partial charge in [0, 0.05) is 12.8 Å². The number of ether oxygens (including phenoxy) is 2. The highest BCUT2D eigenvalue weighted by Gasteiger charge is 2.16. The lowest BCUT2D eigenvalue weighted by Crippen LogP contribution is -2.28. The molecule has 0 aliphatic carbocycles. The molecule has 0 radical (unpaired) electrons. The molecule has 308 valence electrons. The minimum absolute atomic E-state index is 0.0591. The van der Waals surface area contributed by atoms with Gasteiger partial charge in [0.15, 0.2) is 6.10 Å². The monoisotopic (exact) mass is 735 g/mol. The van der Waals surface area contributed by atoms with Crippen molar-refractivity contribution in [3.8, 4) is 0 Å². The zero-order chi connectivity index (χ0) is 37.8. The summed E-state index contributed by atoms with van der Waals surface area (Å²) in [6.07, 6.45) is 51.5. The van der Waals surface area contributed by atoms with Crippen LogP contribution in [0.2, 0.25) is 0 Å². The summed E-state index contributed by atoms with van der Waals surface area (Å²) in [7, 11) is 0. The molecule has 0 unspecified atom stereocenters. The van der Waals surface area contributed by atoms with Crippen LogP contribution in [0, 0.1) is 0 Å². The summed E-state index contributed by atoms with van der Waals surface area (Å²) in [6, 6.07) is 0. The number of hydrogen-bond donors (Lipinski definition) is 1. The predicted molar refractivity (Wildman–Crippen MR) is 224 cm³/mol. The van der Waals surface area contributed by atoms with Crippen molar-refractivity contribution in [1.29, 1.82) is 0 Å². The molecule has 0 bridgehead atoms. The first-order valence-electron chi connectivity index (χ1n) is 23.2. The van der Waals surface area contributed by atoms with Crippen molar-refractivity contribution in [3.05, 3.63) is 12.2 Å². The number of carbonyl (C=O) groups excluding carboxylic acids is 2. The van der Waals surface area contributed by atoms with E-state index in [1.165, 1.54) is 199 Å². The van der Waals surface area contributed by atoms with Crippen LogP contribution in [0.5, 0.6) is 0 Å². The van der Waals surface area contributed by atoms with Crippen molar-refractivity contribution < 1.29 is 24.2 Å². The molecule has 0 saturated carbocycles. The Kier molecular flexibility index (Phi) is 42.9. The van der Waals surface area contributed by atoms with Gasteiger partial charge in [-0.25, -0.2) is 0 Å². The highest BCUT2D eigenvalue weighted by atomic mass is 16.6. The molecule has 5 heteroatoms. The number of carbonyl (C=O) groups is 2. The molecule has 1 N–H and O–H groups in total. The van der Waals surface area contributed by atoms with E-state index < -0.39 is 6.10 Å². The lowest BCUT2D eigenvalue weighted by Gasteiger charge is -2.15. The minimum atomic E-state index is -0.765. The molecule has 0 aliphatic heterocycles. The van der Waals surface area contributed by atoms with Gasteiger partial charge in [-0.3, -0.25) is 9.59 Å². The Morgan fingerprint density at radius 2 is 0.712 bits per heavy atom. The van der Waals surface area contributed by atoms with Crippen molar-refractivity contribution in [2.45, 2.75) is 264 Å². The van der Waals surface area contributed by atoms with Crippen LogP contribution in [0.15, 0.2) is 12.2 Å². The highest BCUT2D eigenvalue weighted by Crippen LogP contribution is 2.16. The molecule has 52 heavy (non-hydrogen) atoms. The maximum atomic E-state index is 12.2. The van der Waals surface area contributed by atoms with E-state index in [9.17, 15) is 14.7 Å². The topological polar surface area (TPSA) is 72.8 Å². The lowest BCUT2D eigenvalue weighted by atomic mass is 10.0. The van der Waals surface area contributed by atoms with Crippen LogP contribution in [0.25, 0.3) is 0 Å². The second-order valence-corrected chi connectivity index (χ2v) is 15.8. The number of aliphatic hydroxyl groups excluding tert-OH is 1. The van der Waals surface area contributed by atoms with E-state index in [2.05, 4.69) is 26.0 Å². The molecule has 0 amide bonds. The Bertz CT molecular complexity index is 750. The SMILES string of the molecule is CCCCCCCC/C=C/CCCCCCCCCCCCCC(=O)O[C@@H](CO)COC(=O)CCCCCCCCCCCCCCCCCCC. The van der Waals surface area contributed by atoms with E-state index in [-0.39, 0.29) is 25.2 Å². The van der Waals surface area contributed by atoms with E-state index in [0.717, 1.165) is 32.1 Å². The van der Waals surface area contributed by atoms with Crippen molar-refractivity contribution in [2.75, 3.05) is 13.2 Å². The molecule has 1 atom stereocenters. The average Bonchev–Trinajstić information content (AvgIpc) is 3.15. The van der Waals surface area contributed by atoms with E-state index in [4.69, 9.17) is 9.47 Å². The summed E-state index contributed by atoms with van der Waals surface area (Å²) in [5, 5.41) is 9.60. The van der Waals surface area contributed by atoms with E-state index in [1.54, 1.807) is 0 Å². The van der Waals surface area contributed by atoms with Gasteiger partial charge in [-0.05, 0) is 38.5 Å². The maximum absolute atomic E-state index is 12.2. The summed E-state index contributed by atoms with van der Waals surface area (Å²) >= 11 is 0. The van der Waals surface area contributed by atoms with Gasteiger partial charge < -0.3 is 14.6 Å². The molecule has 5 nitrogen and oxygen atoms in total. The third-order valence-electron chi connectivity index (χ3n) is 10.6. The van der Waals surface area contributed by atoms with E-state index in [0.29, 0.717) is 12.8 Å². The predicted octanol–water partition coefficient (Wildman–Crippen LogP) is 14.9. The Labute approximate surface area is 324 Å². The zero-order valence-electron chi connectivity index (χ0n) is 35.1. The average molecular weight is 735 g/mol. The third kappa shape index (κ3) is 41.4. The van der Waals surface area contributed by atoms with Gasteiger partial charge >= 0.3 is 11.9 Å². The first-order valence-corrected chi connectivity index (χ1v) is 23.2. The number of rotatable bonds is 43. The van der Waals surface area contributed by atoms with Crippen LogP contribution >= 0.6 is 0 Å². The molecule has 0 aromatic carbocycles. The fraction of sp³-hybridized carbons (Fsp3) is 0.915. The van der Waals surface area contributed by atoms with Crippen molar-refractivity contribution in [1.82, 2.24) is 0 Å². The van der Waals surface area contributed by atoms with Crippen LogP contribution in [0.4, 0.5) is 0 Å². The van der Waals surface area contributed by atoms with Crippen LogP contribution in [0.3, 0.4) is 0 Å².